The second kappa shape index (κ2) is 10.9. The number of carboxylic acid groups (broad SMARTS) is 1. The van der Waals surface area contributed by atoms with Crippen LogP contribution in [-0.2, 0) is 16.1 Å². The third-order valence-electron chi connectivity index (χ3n) is 5.64. The number of carbonyl (C=O) groups excluding carboxylic acids is 1. The van der Waals surface area contributed by atoms with Crippen molar-refractivity contribution in [3.05, 3.63) is 58.9 Å². The van der Waals surface area contributed by atoms with Crippen LogP contribution in [0.2, 0.25) is 5.02 Å². The number of hydrogen-bond acceptors (Lipinski definition) is 5. The van der Waals surface area contributed by atoms with Gasteiger partial charge in [-0.3, -0.25) is 9.69 Å². The van der Waals surface area contributed by atoms with Crippen LogP contribution in [0.3, 0.4) is 0 Å². The van der Waals surface area contributed by atoms with Crippen molar-refractivity contribution in [3.8, 4) is 11.5 Å². The molecule has 178 valence electrons. The number of piperazine rings is 1. The molecule has 3 unspecified atom stereocenters. The van der Waals surface area contributed by atoms with Gasteiger partial charge in [-0.2, -0.15) is 0 Å². The highest BCUT2D eigenvalue weighted by atomic mass is 35.5. The molecule has 9 heteroatoms. The van der Waals surface area contributed by atoms with Crippen LogP contribution in [0.25, 0.3) is 0 Å². The molecule has 1 heterocycles. The Balaban J connectivity index is 1.60. The molecule has 7 nitrogen and oxygen atoms in total. The van der Waals surface area contributed by atoms with E-state index in [1.54, 1.807) is 29.2 Å². The van der Waals surface area contributed by atoms with E-state index < -0.39 is 12.1 Å². The van der Waals surface area contributed by atoms with E-state index in [4.69, 9.17) is 26.2 Å². The molecular weight excluding hydrogens is 451 g/mol. The Morgan fingerprint density at radius 3 is 2.48 bits per heavy atom. The van der Waals surface area contributed by atoms with Crippen LogP contribution in [0, 0.1) is 5.82 Å². The lowest BCUT2D eigenvalue weighted by Crippen LogP contribution is -2.58. The summed E-state index contributed by atoms with van der Waals surface area (Å²) in [4.78, 5) is 28.1. The van der Waals surface area contributed by atoms with Gasteiger partial charge in [-0.25, -0.2) is 9.18 Å². The van der Waals surface area contributed by atoms with E-state index in [2.05, 4.69) is 11.8 Å². The summed E-state index contributed by atoms with van der Waals surface area (Å²) < 4.78 is 24.3. The summed E-state index contributed by atoms with van der Waals surface area (Å²) in [7, 11) is 0. The first-order valence-corrected chi connectivity index (χ1v) is 11.1. The predicted molar refractivity (Wildman–Crippen MR) is 122 cm³/mol. The highest BCUT2D eigenvalue weighted by Crippen LogP contribution is 2.31. The van der Waals surface area contributed by atoms with Crippen LogP contribution in [0.1, 0.15) is 26.3 Å². The smallest absolute Gasteiger partial charge is 0.344 e. The zero-order valence-corrected chi connectivity index (χ0v) is 19.6. The lowest BCUT2D eigenvalue weighted by molar-refractivity contribution is -0.144. The fraction of sp³-hybridized carbons (Fsp3) is 0.417. The topological polar surface area (TPSA) is 79.3 Å². The molecule has 3 atom stereocenters. The molecule has 0 aromatic heterocycles. The van der Waals surface area contributed by atoms with E-state index in [0.717, 1.165) is 5.56 Å². The SMILES string of the molecule is CC(Oc1cc(Cl)ccc1OCC(=O)N1CC(C)N(Cc2ccc(F)cc2)CC1C)C(=O)O. The van der Waals surface area contributed by atoms with Crippen LogP contribution in [-0.4, -0.2) is 64.7 Å². The number of carboxylic acids is 1. The highest BCUT2D eigenvalue weighted by molar-refractivity contribution is 6.30. The molecule has 0 spiro atoms. The Kier molecular flexibility index (Phi) is 8.15. The Bertz CT molecular complexity index is 987. The second-order valence-corrected chi connectivity index (χ2v) is 8.71. The molecule has 1 saturated heterocycles. The largest absolute Gasteiger partial charge is 0.480 e. The molecule has 33 heavy (non-hydrogen) atoms. The Labute approximate surface area is 197 Å². The van der Waals surface area contributed by atoms with Gasteiger partial charge >= 0.3 is 5.97 Å². The van der Waals surface area contributed by atoms with E-state index in [0.29, 0.717) is 24.7 Å². The Hall–Kier alpha value is -2.84. The number of ether oxygens (including phenoxy) is 2. The molecule has 2 aromatic carbocycles. The van der Waals surface area contributed by atoms with Gasteiger partial charge in [0, 0.05) is 42.8 Å². The van der Waals surface area contributed by atoms with E-state index in [9.17, 15) is 14.0 Å². The summed E-state index contributed by atoms with van der Waals surface area (Å²) in [6.07, 6.45) is -1.10. The summed E-state index contributed by atoms with van der Waals surface area (Å²) in [6.45, 7) is 7.10. The van der Waals surface area contributed by atoms with Gasteiger partial charge < -0.3 is 19.5 Å². The summed E-state index contributed by atoms with van der Waals surface area (Å²) >= 11 is 6.00. The first kappa shape index (κ1) is 24.8. The number of carbonyl (C=O) groups is 2. The van der Waals surface area contributed by atoms with Gasteiger partial charge in [-0.05, 0) is 50.6 Å². The number of nitrogens with zero attached hydrogens (tertiary/aromatic N) is 2. The number of rotatable bonds is 8. The fourth-order valence-electron chi connectivity index (χ4n) is 3.75. The minimum atomic E-state index is -1.13. The average molecular weight is 479 g/mol. The van der Waals surface area contributed by atoms with Gasteiger partial charge in [-0.1, -0.05) is 23.7 Å². The number of aliphatic carboxylic acids is 1. The van der Waals surface area contributed by atoms with Crippen LogP contribution in [0.5, 0.6) is 11.5 Å². The first-order valence-electron chi connectivity index (χ1n) is 10.7. The summed E-state index contributed by atoms with van der Waals surface area (Å²) in [5.74, 6) is -1.16. The van der Waals surface area contributed by atoms with Crippen molar-refractivity contribution in [1.29, 1.82) is 0 Å². The summed E-state index contributed by atoms with van der Waals surface area (Å²) in [5.41, 5.74) is 1.02. The molecule has 1 aliphatic rings. The van der Waals surface area contributed by atoms with Crippen molar-refractivity contribution < 1.29 is 28.6 Å². The molecule has 1 aliphatic heterocycles. The van der Waals surface area contributed by atoms with Gasteiger partial charge in [0.05, 0.1) is 0 Å². The lowest BCUT2D eigenvalue weighted by atomic mass is 10.1. The average Bonchev–Trinajstić information content (AvgIpc) is 2.76. The van der Waals surface area contributed by atoms with Crippen molar-refractivity contribution >= 4 is 23.5 Å². The first-order chi connectivity index (χ1) is 15.6. The van der Waals surface area contributed by atoms with Gasteiger partial charge in [0.15, 0.2) is 24.2 Å². The number of hydrogen-bond donors (Lipinski definition) is 1. The minimum absolute atomic E-state index is 0.0364. The maximum atomic E-state index is 13.2. The molecular formula is C24H28ClFN2O5. The number of benzene rings is 2. The fourth-order valence-corrected chi connectivity index (χ4v) is 3.91. The Morgan fingerprint density at radius 1 is 1.12 bits per heavy atom. The maximum absolute atomic E-state index is 13.2. The van der Waals surface area contributed by atoms with Crippen LogP contribution < -0.4 is 9.47 Å². The normalized spacial score (nSPS) is 19.7. The second-order valence-electron chi connectivity index (χ2n) is 8.28. The van der Waals surface area contributed by atoms with E-state index >= 15 is 0 Å². The van der Waals surface area contributed by atoms with Crippen LogP contribution >= 0.6 is 11.6 Å². The number of halogens is 2. The standard InChI is InChI=1S/C24H28ClFN2O5/c1-15-12-28(16(2)11-27(15)13-18-4-7-20(26)8-5-18)23(29)14-32-21-9-6-19(25)10-22(21)33-17(3)24(30)31/h4-10,15-17H,11-14H2,1-3H3,(H,30,31). The van der Waals surface area contributed by atoms with Crippen molar-refractivity contribution in [2.24, 2.45) is 0 Å². The third-order valence-corrected chi connectivity index (χ3v) is 5.88. The molecule has 0 bridgehead atoms. The quantitative estimate of drug-likeness (QED) is 0.621. The molecule has 1 N–H and O–H groups in total. The zero-order valence-electron chi connectivity index (χ0n) is 18.8. The van der Waals surface area contributed by atoms with E-state index in [1.165, 1.54) is 25.1 Å². The van der Waals surface area contributed by atoms with Crippen molar-refractivity contribution in [3.63, 3.8) is 0 Å². The van der Waals surface area contributed by atoms with E-state index in [-0.39, 0.29) is 41.9 Å². The van der Waals surface area contributed by atoms with Gasteiger partial charge in [0.25, 0.3) is 5.91 Å². The molecule has 0 saturated carbocycles. The molecule has 3 rings (SSSR count). The summed E-state index contributed by atoms with van der Waals surface area (Å²) in [6, 6.07) is 11.1. The molecule has 0 aliphatic carbocycles. The maximum Gasteiger partial charge on any atom is 0.344 e. The zero-order chi connectivity index (χ0) is 24.1. The minimum Gasteiger partial charge on any atom is -0.480 e. The molecule has 0 radical (unpaired) electrons. The van der Waals surface area contributed by atoms with Crippen molar-refractivity contribution in [2.75, 3.05) is 19.7 Å². The third kappa shape index (κ3) is 6.58. The number of amides is 1. The van der Waals surface area contributed by atoms with Gasteiger partial charge in [0.1, 0.15) is 5.82 Å². The van der Waals surface area contributed by atoms with Crippen molar-refractivity contribution in [2.45, 2.75) is 45.5 Å². The molecule has 1 fully saturated rings. The van der Waals surface area contributed by atoms with Gasteiger partial charge in [0.2, 0.25) is 0 Å². The van der Waals surface area contributed by atoms with E-state index in [1.807, 2.05) is 6.92 Å². The van der Waals surface area contributed by atoms with Crippen molar-refractivity contribution in [1.82, 2.24) is 9.80 Å². The lowest BCUT2D eigenvalue weighted by Gasteiger charge is -2.44. The summed E-state index contributed by atoms with van der Waals surface area (Å²) in [5, 5.41) is 9.45. The highest BCUT2D eigenvalue weighted by Gasteiger charge is 2.32. The molecule has 1 amide bonds. The Morgan fingerprint density at radius 2 is 1.82 bits per heavy atom. The predicted octanol–water partition coefficient (Wildman–Crippen LogP) is 3.83. The van der Waals surface area contributed by atoms with Gasteiger partial charge in [-0.15, -0.1) is 0 Å². The monoisotopic (exact) mass is 478 g/mol. The molecule has 2 aromatic rings. The van der Waals surface area contributed by atoms with Crippen LogP contribution in [0.4, 0.5) is 4.39 Å². The van der Waals surface area contributed by atoms with Crippen LogP contribution in [0.15, 0.2) is 42.5 Å².